The van der Waals surface area contributed by atoms with Crippen molar-refractivity contribution in [2.24, 2.45) is 0 Å². The van der Waals surface area contributed by atoms with Crippen molar-refractivity contribution in [1.29, 1.82) is 0 Å². The van der Waals surface area contributed by atoms with Gasteiger partial charge in [-0.05, 0) is 0 Å². The Balaban J connectivity index is 0.000000815. The summed E-state index contributed by atoms with van der Waals surface area (Å²) in [5.41, 5.74) is 7.50. The monoisotopic (exact) mass is 412 g/mol. The third-order valence-electron chi connectivity index (χ3n) is 4.58. The van der Waals surface area contributed by atoms with Crippen molar-refractivity contribution in [3.8, 4) is 11.1 Å². The fraction of sp³-hybridized carbons (Fsp3) is 0.273. The molecule has 0 nitrogen and oxygen atoms in total. The van der Waals surface area contributed by atoms with E-state index in [-0.39, 0.29) is 0 Å². The summed E-state index contributed by atoms with van der Waals surface area (Å²) in [4.78, 5) is 0. The Morgan fingerprint density at radius 1 is 0.917 bits per heavy atom. The molecule has 2 aromatic rings. The Bertz CT molecular complexity index is 741. The molecule has 0 fully saturated rings. The zero-order chi connectivity index (χ0) is 17.1. The van der Waals surface area contributed by atoms with E-state index in [0.717, 1.165) is 3.63 Å². The molecule has 122 valence electrons. The van der Waals surface area contributed by atoms with Crippen LogP contribution < -0.4 is 0 Å². The van der Waals surface area contributed by atoms with Crippen molar-refractivity contribution in [1.82, 2.24) is 0 Å². The van der Waals surface area contributed by atoms with Gasteiger partial charge in [0.1, 0.15) is 0 Å². The van der Waals surface area contributed by atoms with Gasteiger partial charge in [-0.25, -0.2) is 0 Å². The van der Waals surface area contributed by atoms with Crippen LogP contribution in [0.25, 0.3) is 11.1 Å². The molecule has 0 saturated carbocycles. The Morgan fingerprint density at radius 3 is 2.00 bits per heavy atom. The van der Waals surface area contributed by atoms with Crippen LogP contribution in [0.3, 0.4) is 0 Å². The Kier molecular flexibility index (Phi) is 5.95. The molecule has 0 aromatic heterocycles. The summed E-state index contributed by atoms with van der Waals surface area (Å²) in [6.07, 6.45) is 7.49. The SMILES string of the molecule is CCl.C[CH](C)[Zr][C]1=C(C2c3ccccc3-c3ccccc32)C=CC1. The van der Waals surface area contributed by atoms with Crippen LogP contribution in [0.2, 0.25) is 3.63 Å². The van der Waals surface area contributed by atoms with Gasteiger partial charge in [-0.15, -0.1) is 11.6 Å². The molecule has 0 atom stereocenters. The van der Waals surface area contributed by atoms with Gasteiger partial charge >= 0.3 is 145 Å². The van der Waals surface area contributed by atoms with E-state index in [9.17, 15) is 0 Å². The number of rotatable bonds is 3. The van der Waals surface area contributed by atoms with E-state index in [4.69, 9.17) is 0 Å². The first-order chi connectivity index (χ1) is 11.8. The van der Waals surface area contributed by atoms with Crippen LogP contribution in [0.1, 0.15) is 37.3 Å². The van der Waals surface area contributed by atoms with Crippen LogP contribution in [0.4, 0.5) is 0 Å². The van der Waals surface area contributed by atoms with Crippen LogP contribution in [0.15, 0.2) is 69.5 Å². The fourth-order valence-electron chi connectivity index (χ4n) is 3.77. The van der Waals surface area contributed by atoms with E-state index in [1.807, 2.05) is 0 Å². The Labute approximate surface area is 162 Å². The van der Waals surface area contributed by atoms with Crippen LogP contribution in [0.5, 0.6) is 0 Å². The zero-order valence-corrected chi connectivity index (χ0v) is 17.7. The summed E-state index contributed by atoms with van der Waals surface area (Å²) in [5.74, 6) is 0.473. The molecule has 0 amide bonds. The minimum atomic E-state index is -0.445. The average Bonchev–Trinajstić information content (AvgIpc) is 3.18. The van der Waals surface area contributed by atoms with Gasteiger partial charge in [-0.3, -0.25) is 0 Å². The van der Waals surface area contributed by atoms with Gasteiger partial charge in [0.15, 0.2) is 0 Å². The van der Waals surface area contributed by atoms with E-state index in [2.05, 4.69) is 86.1 Å². The number of hydrogen-bond acceptors (Lipinski definition) is 0. The van der Waals surface area contributed by atoms with Crippen molar-refractivity contribution >= 4 is 11.6 Å². The molecule has 2 aromatic carbocycles. The number of benzene rings is 2. The van der Waals surface area contributed by atoms with Gasteiger partial charge in [0, 0.05) is 6.38 Å². The van der Waals surface area contributed by atoms with Gasteiger partial charge in [-0.1, -0.05) is 0 Å². The van der Waals surface area contributed by atoms with Crippen LogP contribution in [-0.2, 0) is 23.2 Å². The molecule has 0 N–H and O–H groups in total. The predicted molar refractivity (Wildman–Crippen MR) is 101 cm³/mol. The Hall–Kier alpha value is -0.907. The van der Waals surface area contributed by atoms with E-state index in [0.29, 0.717) is 5.92 Å². The van der Waals surface area contributed by atoms with E-state index < -0.39 is 23.2 Å². The van der Waals surface area contributed by atoms with Gasteiger partial charge in [0.25, 0.3) is 0 Å². The van der Waals surface area contributed by atoms with E-state index in [1.165, 1.54) is 35.1 Å². The number of allylic oxidation sites excluding steroid dienone is 4. The first-order valence-corrected chi connectivity index (χ1v) is 11.9. The average molecular weight is 414 g/mol. The molecule has 24 heavy (non-hydrogen) atoms. The minimum absolute atomic E-state index is 0.445. The molecule has 0 spiro atoms. The second-order valence-corrected chi connectivity index (χ2v) is 11.5. The molecule has 0 aliphatic heterocycles. The molecule has 2 aliphatic rings. The second-order valence-electron chi connectivity index (χ2n) is 6.45. The molecule has 2 aliphatic carbocycles. The molecule has 0 radical (unpaired) electrons. The summed E-state index contributed by atoms with van der Waals surface area (Å²) < 4.78 is 2.69. The molecule has 0 saturated heterocycles. The van der Waals surface area contributed by atoms with E-state index >= 15 is 0 Å². The summed E-state index contributed by atoms with van der Waals surface area (Å²) in [5, 5.41) is 0. The fourth-order valence-corrected chi connectivity index (χ4v) is 7.04. The molecule has 4 rings (SSSR count). The van der Waals surface area contributed by atoms with E-state index in [1.54, 1.807) is 8.85 Å². The quantitative estimate of drug-likeness (QED) is 0.486. The third kappa shape index (κ3) is 3.26. The molecular weight excluding hydrogens is 391 g/mol. The Morgan fingerprint density at radius 2 is 1.46 bits per heavy atom. The maximum atomic E-state index is 4.64. The number of alkyl halides is 1. The summed E-state index contributed by atoms with van der Waals surface area (Å²) in [6.45, 7) is 4.79. The van der Waals surface area contributed by atoms with Crippen molar-refractivity contribution in [2.45, 2.75) is 29.8 Å². The predicted octanol–water partition coefficient (Wildman–Crippen LogP) is 6.78. The number of fused-ring (bicyclic) bond motifs is 3. The summed E-state index contributed by atoms with van der Waals surface area (Å²) in [7, 11) is 0. The molecule has 0 bridgehead atoms. The van der Waals surface area contributed by atoms with Crippen molar-refractivity contribution in [3.63, 3.8) is 0 Å². The standard InChI is InChI=1S/C18H13.C3H7.CH3Cl.Zr/c1-2-8-13(7-1)18-16-11-5-3-9-14(16)15-10-4-6-12-17(15)18;1-3-2;1-2;/h1,3-7,9-12,18H,2H2;3H,1-2H3;1H3;. The van der Waals surface area contributed by atoms with Gasteiger partial charge < -0.3 is 0 Å². The van der Waals surface area contributed by atoms with Crippen LogP contribution in [0, 0.1) is 0 Å². The summed E-state index contributed by atoms with van der Waals surface area (Å²) >= 11 is 4.19. The number of hydrogen-bond donors (Lipinski definition) is 0. The second kappa shape index (κ2) is 7.98. The first-order valence-electron chi connectivity index (χ1n) is 8.48. The first kappa shape index (κ1) is 17.9. The van der Waals surface area contributed by atoms with Crippen molar-refractivity contribution < 1.29 is 23.2 Å². The molecule has 0 unspecified atom stereocenters. The number of halogens is 1. The van der Waals surface area contributed by atoms with Crippen LogP contribution in [-0.4, -0.2) is 6.38 Å². The molecule has 0 heterocycles. The topological polar surface area (TPSA) is 0 Å². The normalized spacial score (nSPS) is 15.2. The van der Waals surface area contributed by atoms with Crippen molar-refractivity contribution in [2.75, 3.05) is 6.38 Å². The third-order valence-corrected chi connectivity index (χ3v) is 8.06. The van der Waals surface area contributed by atoms with Crippen LogP contribution >= 0.6 is 11.6 Å². The summed E-state index contributed by atoms with van der Waals surface area (Å²) in [6, 6.07) is 18.0. The zero-order valence-electron chi connectivity index (χ0n) is 14.5. The molecule has 2 heteroatoms. The van der Waals surface area contributed by atoms with Gasteiger partial charge in [-0.2, -0.15) is 0 Å². The molecular formula is C22H23ClZr. The maximum absolute atomic E-state index is 4.64. The van der Waals surface area contributed by atoms with Gasteiger partial charge in [0.2, 0.25) is 0 Å². The van der Waals surface area contributed by atoms with Crippen molar-refractivity contribution in [3.05, 3.63) is 80.7 Å². The van der Waals surface area contributed by atoms with Gasteiger partial charge in [0.05, 0.1) is 0 Å².